The van der Waals surface area contributed by atoms with E-state index in [2.05, 4.69) is 15.0 Å². The van der Waals surface area contributed by atoms with Gasteiger partial charge >= 0.3 is 0 Å². The van der Waals surface area contributed by atoms with Crippen molar-refractivity contribution in [2.24, 2.45) is 0 Å². The summed E-state index contributed by atoms with van der Waals surface area (Å²) in [5.74, 6) is 1.78. The number of nitrogens with zero attached hydrogens (tertiary/aromatic N) is 3. The first-order valence-corrected chi connectivity index (χ1v) is 6.91. The highest BCUT2D eigenvalue weighted by Gasteiger charge is 2.04. The summed E-state index contributed by atoms with van der Waals surface area (Å²) < 4.78 is 0. The fraction of sp³-hybridized carbons (Fsp3) is 0.250. The van der Waals surface area contributed by atoms with Crippen molar-refractivity contribution < 1.29 is 0 Å². The number of anilines is 1. The molecule has 0 spiro atoms. The summed E-state index contributed by atoms with van der Waals surface area (Å²) in [4.78, 5) is 12.5. The zero-order chi connectivity index (χ0) is 13.0. The smallest absolute Gasteiger partial charge is 0.224 e. The Morgan fingerprint density at radius 2 is 1.89 bits per heavy atom. The first-order chi connectivity index (χ1) is 8.67. The number of thioether (sulfide) groups is 1. The average Bonchev–Trinajstić information content (AvgIpc) is 2.37. The van der Waals surface area contributed by atoms with Crippen molar-refractivity contribution in [1.82, 2.24) is 15.0 Å². The van der Waals surface area contributed by atoms with Crippen LogP contribution in [0.15, 0.2) is 29.4 Å². The van der Waals surface area contributed by atoms with E-state index in [-0.39, 0.29) is 5.95 Å². The molecule has 1 aromatic carbocycles. The number of benzene rings is 1. The average molecular weight is 281 g/mol. The molecule has 4 nitrogen and oxygen atoms in total. The number of aryl methyl sites for hydroxylation is 1. The van der Waals surface area contributed by atoms with E-state index in [9.17, 15) is 0 Å². The topological polar surface area (TPSA) is 64.7 Å². The number of hydrogen-bond acceptors (Lipinski definition) is 5. The molecule has 94 valence electrons. The summed E-state index contributed by atoms with van der Waals surface area (Å²) in [5, 5.41) is 1.40. The number of rotatable bonds is 4. The molecule has 0 fully saturated rings. The molecule has 0 atom stereocenters. The van der Waals surface area contributed by atoms with Crippen LogP contribution in [-0.2, 0) is 12.2 Å². The van der Waals surface area contributed by atoms with Crippen LogP contribution in [0.25, 0.3) is 0 Å². The summed E-state index contributed by atoms with van der Waals surface area (Å²) in [6.07, 6.45) is 0.751. The van der Waals surface area contributed by atoms with E-state index in [1.54, 1.807) is 0 Å². The Morgan fingerprint density at radius 3 is 2.56 bits per heavy atom. The van der Waals surface area contributed by atoms with E-state index in [0.717, 1.165) is 23.0 Å². The standard InChI is InChI=1S/C12H13ClN4S/c1-2-10-15-11(14)17-12(16-10)18-7-8-3-5-9(13)6-4-8/h3-6H,2,7H2,1H3,(H2,14,15,16,17). The van der Waals surface area contributed by atoms with Crippen LogP contribution in [-0.4, -0.2) is 15.0 Å². The maximum atomic E-state index is 5.83. The number of nitrogen functional groups attached to an aromatic ring is 1. The Morgan fingerprint density at radius 1 is 1.17 bits per heavy atom. The molecular formula is C12H13ClN4S. The van der Waals surface area contributed by atoms with E-state index in [1.165, 1.54) is 17.3 Å². The summed E-state index contributed by atoms with van der Waals surface area (Å²) in [5.41, 5.74) is 6.80. The van der Waals surface area contributed by atoms with E-state index < -0.39 is 0 Å². The predicted octanol–water partition coefficient (Wildman–Crippen LogP) is 2.96. The zero-order valence-electron chi connectivity index (χ0n) is 9.93. The fourth-order valence-electron chi connectivity index (χ4n) is 1.37. The molecule has 2 rings (SSSR count). The lowest BCUT2D eigenvalue weighted by molar-refractivity contribution is 0.825. The lowest BCUT2D eigenvalue weighted by Gasteiger charge is -2.03. The van der Waals surface area contributed by atoms with Gasteiger partial charge in [0.1, 0.15) is 5.82 Å². The Bertz CT molecular complexity index is 530. The van der Waals surface area contributed by atoms with Gasteiger partial charge in [-0.15, -0.1) is 0 Å². The predicted molar refractivity (Wildman–Crippen MR) is 74.6 cm³/mol. The largest absolute Gasteiger partial charge is 0.368 e. The van der Waals surface area contributed by atoms with Crippen LogP contribution < -0.4 is 5.73 Å². The van der Waals surface area contributed by atoms with Crippen molar-refractivity contribution in [3.8, 4) is 0 Å². The quantitative estimate of drug-likeness (QED) is 0.872. The molecule has 1 aromatic heterocycles. The van der Waals surface area contributed by atoms with Gasteiger partial charge in [0.05, 0.1) is 0 Å². The van der Waals surface area contributed by atoms with Crippen molar-refractivity contribution in [2.45, 2.75) is 24.3 Å². The van der Waals surface area contributed by atoms with Crippen LogP contribution in [0, 0.1) is 0 Å². The number of nitrogens with two attached hydrogens (primary N) is 1. The molecule has 0 aliphatic rings. The lowest BCUT2D eigenvalue weighted by atomic mass is 10.2. The number of aromatic nitrogens is 3. The molecule has 2 N–H and O–H groups in total. The van der Waals surface area contributed by atoms with Crippen molar-refractivity contribution in [3.05, 3.63) is 40.7 Å². The third kappa shape index (κ3) is 3.58. The fourth-order valence-corrected chi connectivity index (χ4v) is 2.31. The molecule has 0 saturated heterocycles. The zero-order valence-corrected chi connectivity index (χ0v) is 11.5. The molecule has 0 radical (unpaired) electrons. The van der Waals surface area contributed by atoms with E-state index in [0.29, 0.717) is 5.16 Å². The van der Waals surface area contributed by atoms with Crippen LogP contribution in [0.3, 0.4) is 0 Å². The van der Waals surface area contributed by atoms with Gasteiger partial charge in [0.25, 0.3) is 0 Å². The summed E-state index contributed by atoms with van der Waals surface area (Å²) in [7, 11) is 0. The molecule has 18 heavy (non-hydrogen) atoms. The summed E-state index contributed by atoms with van der Waals surface area (Å²) >= 11 is 7.37. The number of halogens is 1. The van der Waals surface area contributed by atoms with Crippen molar-refractivity contribution in [2.75, 3.05) is 5.73 Å². The molecule has 2 aromatic rings. The first-order valence-electron chi connectivity index (χ1n) is 5.55. The summed E-state index contributed by atoms with van der Waals surface area (Å²) in [6.45, 7) is 1.99. The molecule has 0 unspecified atom stereocenters. The third-order valence-electron chi connectivity index (χ3n) is 2.28. The molecule has 0 aliphatic heterocycles. The minimum absolute atomic E-state index is 0.278. The molecule has 6 heteroatoms. The highest BCUT2D eigenvalue weighted by molar-refractivity contribution is 7.98. The molecule has 0 aliphatic carbocycles. The second kappa shape index (κ2) is 6.02. The summed E-state index contributed by atoms with van der Waals surface area (Å²) in [6, 6.07) is 7.72. The van der Waals surface area contributed by atoms with Gasteiger partial charge in [0.2, 0.25) is 5.95 Å². The van der Waals surface area contributed by atoms with Crippen LogP contribution in [0.4, 0.5) is 5.95 Å². The van der Waals surface area contributed by atoms with Gasteiger partial charge < -0.3 is 5.73 Å². The second-order valence-corrected chi connectivity index (χ2v) is 5.04. The van der Waals surface area contributed by atoms with Gasteiger partial charge in [-0.25, -0.2) is 4.98 Å². The maximum Gasteiger partial charge on any atom is 0.224 e. The van der Waals surface area contributed by atoms with E-state index >= 15 is 0 Å². The lowest BCUT2D eigenvalue weighted by Crippen LogP contribution is -2.03. The molecular weight excluding hydrogens is 268 g/mol. The van der Waals surface area contributed by atoms with Gasteiger partial charge in [0.15, 0.2) is 5.16 Å². The van der Waals surface area contributed by atoms with Crippen LogP contribution in [0.5, 0.6) is 0 Å². The Labute approximate surface area is 115 Å². The van der Waals surface area contributed by atoms with Crippen molar-refractivity contribution in [1.29, 1.82) is 0 Å². The van der Waals surface area contributed by atoms with Gasteiger partial charge in [-0.2, -0.15) is 9.97 Å². The Balaban J connectivity index is 2.05. The first kappa shape index (κ1) is 13.1. The maximum absolute atomic E-state index is 5.83. The minimum atomic E-state index is 0.278. The highest BCUT2D eigenvalue weighted by atomic mass is 35.5. The monoisotopic (exact) mass is 280 g/mol. The third-order valence-corrected chi connectivity index (χ3v) is 3.45. The Kier molecular flexibility index (Phi) is 4.38. The highest BCUT2D eigenvalue weighted by Crippen LogP contribution is 2.20. The normalized spacial score (nSPS) is 10.6. The van der Waals surface area contributed by atoms with Crippen LogP contribution in [0.2, 0.25) is 5.02 Å². The van der Waals surface area contributed by atoms with E-state index in [4.69, 9.17) is 17.3 Å². The Hall–Kier alpha value is -1.33. The molecule has 0 bridgehead atoms. The molecule has 0 saturated carbocycles. The van der Waals surface area contributed by atoms with Gasteiger partial charge in [-0.05, 0) is 17.7 Å². The van der Waals surface area contributed by atoms with E-state index in [1.807, 2.05) is 31.2 Å². The van der Waals surface area contributed by atoms with Gasteiger partial charge in [0, 0.05) is 17.2 Å². The van der Waals surface area contributed by atoms with Crippen molar-refractivity contribution >= 4 is 29.3 Å². The van der Waals surface area contributed by atoms with Crippen molar-refractivity contribution in [3.63, 3.8) is 0 Å². The minimum Gasteiger partial charge on any atom is -0.368 e. The number of hydrogen-bond donors (Lipinski definition) is 1. The van der Waals surface area contributed by atoms with Gasteiger partial charge in [-0.3, -0.25) is 0 Å². The molecule has 0 amide bonds. The van der Waals surface area contributed by atoms with Crippen LogP contribution >= 0.6 is 23.4 Å². The second-order valence-electron chi connectivity index (χ2n) is 3.66. The SMILES string of the molecule is CCc1nc(N)nc(SCc2ccc(Cl)cc2)n1. The molecule has 1 heterocycles. The van der Waals surface area contributed by atoms with Crippen LogP contribution in [0.1, 0.15) is 18.3 Å². The van der Waals surface area contributed by atoms with Gasteiger partial charge in [-0.1, -0.05) is 42.4 Å².